The first-order valence-electron chi connectivity index (χ1n) is 5.82. The zero-order chi connectivity index (χ0) is 15.3. The predicted molar refractivity (Wildman–Crippen MR) is 68.5 cm³/mol. The molecule has 1 aromatic rings. The average Bonchev–Trinajstić information content (AvgIpc) is 2.43. The number of nitro benzene ring substituents is 2. The third-order valence-corrected chi connectivity index (χ3v) is 2.85. The van der Waals surface area contributed by atoms with Gasteiger partial charge in [0, 0.05) is 18.4 Å². The number of carbonyl (C=O) groups is 2. The van der Waals surface area contributed by atoms with Gasteiger partial charge in [-0.15, -0.1) is 0 Å². The van der Waals surface area contributed by atoms with Gasteiger partial charge >= 0.3 is 0 Å². The van der Waals surface area contributed by atoms with Crippen LogP contribution < -0.4 is 0 Å². The number of nitrogens with zero attached hydrogens (tertiary/aromatic N) is 2. The Kier molecular flexibility index (Phi) is 5.01. The fraction of sp³-hybridized carbons (Fsp3) is 0.333. The summed E-state index contributed by atoms with van der Waals surface area (Å²) in [7, 11) is 0. The van der Waals surface area contributed by atoms with Crippen molar-refractivity contribution in [1.29, 1.82) is 0 Å². The molecule has 0 spiro atoms. The highest BCUT2D eigenvalue weighted by Gasteiger charge is 2.25. The van der Waals surface area contributed by atoms with Gasteiger partial charge in [0.05, 0.1) is 21.5 Å². The molecule has 0 aromatic heterocycles. The lowest BCUT2D eigenvalue weighted by atomic mass is 9.96. The summed E-state index contributed by atoms with van der Waals surface area (Å²) in [5.41, 5.74) is -1.30. The number of carbonyl (C=O) groups excluding carboxylic acids is 2. The number of nitro groups is 2. The molecule has 8 nitrogen and oxygen atoms in total. The van der Waals surface area contributed by atoms with Crippen LogP contribution in [0.1, 0.15) is 30.1 Å². The Labute approximate surface area is 113 Å². The van der Waals surface area contributed by atoms with Crippen molar-refractivity contribution in [3.63, 3.8) is 0 Å². The molecule has 0 unspecified atom stereocenters. The first-order valence-corrected chi connectivity index (χ1v) is 5.82. The molecule has 0 fully saturated rings. The first-order chi connectivity index (χ1) is 9.40. The second-order valence-corrected chi connectivity index (χ2v) is 4.15. The number of hydrogen-bond acceptors (Lipinski definition) is 6. The highest BCUT2D eigenvalue weighted by Crippen LogP contribution is 2.26. The van der Waals surface area contributed by atoms with Crippen LogP contribution in [-0.2, 0) is 4.79 Å². The summed E-state index contributed by atoms with van der Waals surface area (Å²) in [6.45, 7) is 1.72. The van der Waals surface area contributed by atoms with Crippen molar-refractivity contribution in [2.75, 3.05) is 0 Å². The molecule has 1 atom stereocenters. The maximum absolute atomic E-state index is 11.9. The number of aldehydes is 1. The van der Waals surface area contributed by atoms with Crippen LogP contribution in [0.3, 0.4) is 0 Å². The zero-order valence-electron chi connectivity index (χ0n) is 10.6. The van der Waals surface area contributed by atoms with Crippen molar-refractivity contribution in [2.24, 2.45) is 5.92 Å². The van der Waals surface area contributed by atoms with Gasteiger partial charge in [-0.3, -0.25) is 25.0 Å². The lowest BCUT2D eigenvalue weighted by molar-refractivity contribution is -0.394. The molecule has 0 N–H and O–H groups in total. The minimum Gasteiger partial charge on any atom is -0.303 e. The van der Waals surface area contributed by atoms with Gasteiger partial charge < -0.3 is 4.79 Å². The van der Waals surface area contributed by atoms with Crippen molar-refractivity contribution < 1.29 is 19.4 Å². The number of hydrogen-bond donors (Lipinski definition) is 0. The Morgan fingerprint density at radius 2 is 1.95 bits per heavy atom. The fourth-order valence-electron chi connectivity index (χ4n) is 1.66. The second-order valence-electron chi connectivity index (χ2n) is 4.15. The third-order valence-electron chi connectivity index (χ3n) is 2.85. The van der Waals surface area contributed by atoms with Crippen LogP contribution in [0.2, 0.25) is 0 Å². The van der Waals surface area contributed by atoms with Gasteiger partial charge in [-0.1, -0.05) is 6.92 Å². The van der Waals surface area contributed by atoms with E-state index >= 15 is 0 Å². The Balaban J connectivity index is 3.17. The van der Waals surface area contributed by atoms with Gasteiger partial charge in [-0.25, -0.2) is 0 Å². The molecule has 0 radical (unpaired) electrons. The van der Waals surface area contributed by atoms with Gasteiger partial charge in [-0.2, -0.15) is 0 Å². The van der Waals surface area contributed by atoms with E-state index in [1.54, 1.807) is 6.92 Å². The van der Waals surface area contributed by atoms with E-state index in [0.29, 0.717) is 12.7 Å². The van der Waals surface area contributed by atoms with Gasteiger partial charge in [0.1, 0.15) is 6.29 Å². The smallest absolute Gasteiger partial charge is 0.287 e. The standard InChI is InChI=1S/C12H12N2O6/c1-2-8(7-15)5-12(16)10-4-3-9(13(17)18)6-11(10)14(19)20/h3-4,6-8H,2,5H2,1H3/t8-/m1/s1. The monoisotopic (exact) mass is 280 g/mol. The molecule has 0 saturated heterocycles. The lowest BCUT2D eigenvalue weighted by Gasteiger charge is -2.06. The van der Waals surface area contributed by atoms with Gasteiger partial charge in [-0.05, 0) is 12.5 Å². The summed E-state index contributed by atoms with van der Waals surface area (Å²) in [5, 5.41) is 21.5. The molecule has 0 aliphatic rings. The zero-order valence-corrected chi connectivity index (χ0v) is 10.6. The van der Waals surface area contributed by atoms with E-state index in [1.165, 1.54) is 0 Å². The van der Waals surface area contributed by atoms with E-state index in [4.69, 9.17) is 0 Å². The average molecular weight is 280 g/mol. The normalized spacial score (nSPS) is 11.7. The summed E-state index contributed by atoms with van der Waals surface area (Å²) in [6, 6.07) is 2.83. The van der Waals surface area contributed by atoms with Crippen molar-refractivity contribution in [2.45, 2.75) is 19.8 Å². The maximum Gasteiger partial charge on any atom is 0.287 e. The molecule has 0 bridgehead atoms. The summed E-state index contributed by atoms with van der Waals surface area (Å²) in [4.78, 5) is 42.5. The van der Waals surface area contributed by atoms with E-state index in [9.17, 15) is 29.8 Å². The molecule has 1 aromatic carbocycles. The molecule has 0 heterocycles. The van der Waals surface area contributed by atoms with Crippen molar-refractivity contribution in [3.8, 4) is 0 Å². The van der Waals surface area contributed by atoms with Crippen LogP contribution in [0.15, 0.2) is 18.2 Å². The van der Waals surface area contributed by atoms with E-state index in [0.717, 1.165) is 18.2 Å². The van der Waals surface area contributed by atoms with E-state index in [1.807, 2.05) is 0 Å². The molecule has 106 valence electrons. The molecule has 20 heavy (non-hydrogen) atoms. The highest BCUT2D eigenvalue weighted by molar-refractivity contribution is 6.01. The Morgan fingerprint density at radius 1 is 1.30 bits per heavy atom. The maximum atomic E-state index is 11.9. The van der Waals surface area contributed by atoms with Crippen LogP contribution >= 0.6 is 0 Å². The Hall–Kier alpha value is -2.64. The van der Waals surface area contributed by atoms with E-state index in [2.05, 4.69) is 0 Å². The largest absolute Gasteiger partial charge is 0.303 e. The molecule has 1 rings (SSSR count). The topological polar surface area (TPSA) is 120 Å². The van der Waals surface area contributed by atoms with Crippen LogP contribution in [-0.4, -0.2) is 21.9 Å². The number of benzene rings is 1. The molecular formula is C12H12N2O6. The molecule has 8 heteroatoms. The Bertz CT molecular complexity index is 569. The summed E-state index contributed by atoms with van der Waals surface area (Å²) < 4.78 is 0. The van der Waals surface area contributed by atoms with Gasteiger partial charge in [0.2, 0.25) is 0 Å². The number of rotatable bonds is 7. The third kappa shape index (κ3) is 3.44. The number of Topliss-reactive ketones (excluding diaryl/α,β-unsaturated/α-hetero) is 1. The summed E-state index contributed by atoms with van der Waals surface area (Å²) in [5.74, 6) is -1.09. The molecule has 0 aliphatic carbocycles. The molecule has 0 aliphatic heterocycles. The van der Waals surface area contributed by atoms with Crippen molar-refractivity contribution in [3.05, 3.63) is 44.0 Å². The van der Waals surface area contributed by atoms with E-state index in [-0.39, 0.29) is 12.0 Å². The lowest BCUT2D eigenvalue weighted by Crippen LogP contribution is -2.11. The predicted octanol–water partition coefficient (Wildman–Crippen LogP) is 2.30. The minimum absolute atomic E-state index is 0.154. The number of non-ortho nitro benzene ring substituents is 1. The van der Waals surface area contributed by atoms with Crippen molar-refractivity contribution >= 4 is 23.4 Å². The molecule has 0 saturated carbocycles. The molecular weight excluding hydrogens is 268 g/mol. The number of ketones is 1. The minimum atomic E-state index is -0.845. The quantitative estimate of drug-likeness (QED) is 0.327. The van der Waals surface area contributed by atoms with E-state index < -0.39 is 32.9 Å². The first kappa shape index (κ1) is 15.4. The summed E-state index contributed by atoms with van der Waals surface area (Å²) in [6.07, 6.45) is 0.907. The fourth-order valence-corrected chi connectivity index (χ4v) is 1.66. The van der Waals surface area contributed by atoms with Gasteiger partial charge in [0.25, 0.3) is 11.4 Å². The van der Waals surface area contributed by atoms with Crippen LogP contribution in [0.5, 0.6) is 0 Å². The van der Waals surface area contributed by atoms with Crippen LogP contribution in [0.25, 0.3) is 0 Å². The van der Waals surface area contributed by atoms with Crippen LogP contribution in [0, 0.1) is 26.1 Å². The highest BCUT2D eigenvalue weighted by atomic mass is 16.6. The second kappa shape index (κ2) is 6.50. The Morgan fingerprint density at radius 3 is 2.40 bits per heavy atom. The van der Waals surface area contributed by atoms with Crippen LogP contribution in [0.4, 0.5) is 11.4 Å². The van der Waals surface area contributed by atoms with Crippen molar-refractivity contribution in [1.82, 2.24) is 0 Å². The summed E-state index contributed by atoms with van der Waals surface area (Å²) >= 11 is 0. The molecule has 0 amide bonds. The SMILES string of the molecule is CC[C@@H](C=O)CC(=O)c1ccc([N+](=O)[O-])cc1[N+](=O)[O-]. The van der Waals surface area contributed by atoms with Gasteiger partial charge in [0.15, 0.2) is 5.78 Å².